The average molecular weight is 334 g/mol. The Kier molecular flexibility index (Phi) is 4.31. The smallest absolute Gasteiger partial charge is 0.362 e. The number of para-hydroxylation sites is 1. The number of hydrogen-bond donors (Lipinski definition) is 0. The maximum atomic E-state index is 12.5. The normalized spacial score (nSPS) is 16.7. The van der Waals surface area contributed by atoms with Crippen LogP contribution in [0.25, 0.3) is 5.69 Å². The second-order valence-corrected chi connectivity index (χ2v) is 5.98. The molecule has 1 aliphatic heterocycles. The lowest BCUT2D eigenvalue weighted by atomic mass is 9.99. The molecule has 3 aromatic rings. The summed E-state index contributed by atoms with van der Waals surface area (Å²) in [5.74, 6) is 0.524. The van der Waals surface area contributed by atoms with E-state index in [1.165, 1.54) is 5.56 Å². The predicted molar refractivity (Wildman–Crippen MR) is 93.1 cm³/mol. The van der Waals surface area contributed by atoms with E-state index in [-0.39, 0.29) is 0 Å². The van der Waals surface area contributed by atoms with E-state index in [1.807, 2.05) is 54.6 Å². The van der Waals surface area contributed by atoms with Crippen LogP contribution in [0.15, 0.2) is 66.9 Å². The molecular formula is C20H18N2O3. The number of esters is 1. The highest BCUT2D eigenvalue weighted by atomic mass is 16.5. The number of aromatic nitrogens is 2. The van der Waals surface area contributed by atoms with Crippen LogP contribution in [-0.4, -0.2) is 29.0 Å². The third-order valence-electron chi connectivity index (χ3n) is 4.34. The van der Waals surface area contributed by atoms with Crippen molar-refractivity contribution in [1.29, 1.82) is 0 Å². The summed E-state index contributed by atoms with van der Waals surface area (Å²) in [5, 5.41) is 4.22. The summed E-state index contributed by atoms with van der Waals surface area (Å²) in [7, 11) is 0. The van der Waals surface area contributed by atoms with Crippen LogP contribution in [0.4, 0.5) is 0 Å². The average Bonchev–Trinajstić information content (AvgIpc) is 3.35. The first-order valence-corrected chi connectivity index (χ1v) is 8.30. The van der Waals surface area contributed by atoms with Crippen molar-refractivity contribution in [3.63, 3.8) is 0 Å². The minimum Gasteiger partial charge on any atom is -0.422 e. The summed E-state index contributed by atoms with van der Waals surface area (Å²) in [6, 6.07) is 18.8. The third kappa shape index (κ3) is 3.32. The van der Waals surface area contributed by atoms with E-state index in [0.717, 1.165) is 25.3 Å². The van der Waals surface area contributed by atoms with E-state index < -0.39 is 5.97 Å². The standard InChI is InChI=1S/C20H18N2O3/c23-20(19-10-12-21-22(19)17-4-2-1-3-5-17)25-18-8-6-15(7-9-18)16-11-13-24-14-16/h1-10,12,16H,11,13-14H2. The van der Waals surface area contributed by atoms with Crippen LogP contribution in [0, 0.1) is 0 Å². The van der Waals surface area contributed by atoms with Crippen molar-refractivity contribution in [2.45, 2.75) is 12.3 Å². The summed E-state index contributed by atoms with van der Waals surface area (Å²) in [5.41, 5.74) is 2.42. The summed E-state index contributed by atoms with van der Waals surface area (Å²) in [4.78, 5) is 12.5. The van der Waals surface area contributed by atoms with Crippen molar-refractivity contribution in [3.8, 4) is 11.4 Å². The van der Waals surface area contributed by atoms with Crippen LogP contribution in [0.3, 0.4) is 0 Å². The molecule has 0 amide bonds. The lowest BCUT2D eigenvalue weighted by molar-refractivity contribution is 0.0725. The molecule has 5 heteroatoms. The first-order valence-electron chi connectivity index (χ1n) is 8.30. The molecule has 0 saturated carbocycles. The highest BCUT2D eigenvalue weighted by molar-refractivity contribution is 5.89. The molecule has 2 aromatic carbocycles. The lowest BCUT2D eigenvalue weighted by Crippen LogP contribution is -2.14. The lowest BCUT2D eigenvalue weighted by Gasteiger charge is -2.10. The molecule has 126 valence electrons. The molecule has 1 aliphatic rings. The Morgan fingerprint density at radius 3 is 2.60 bits per heavy atom. The SMILES string of the molecule is O=C(Oc1ccc(C2CCOC2)cc1)c1ccnn1-c1ccccc1. The molecule has 0 N–H and O–H groups in total. The molecule has 4 rings (SSSR count). The maximum Gasteiger partial charge on any atom is 0.362 e. The van der Waals surface area contributed by atoms with Gasteiger partial charge in [-0.1, -0.05) is 30.3 Å². The molecule has 1 aromatic heterocycles. The molecule has 25 heavy (non-hydrogen) atoms. The molecular weight excluding hydrogens is 316 g/mol. The number of carbonyl (C=O) groups excluding carboxylic acids is 1. The number of nitrogens with zero attached hydrogens (tertiary/aromatic N) is 2. The molecule has 0 radical (unpaired) electrons. The summed E-state index contributed by atoms with van der Waals surface area (Å²) >= 11 is 0. The molecule has 0 bridgehead atoms. The zero-order valence-corrected chi connectivity index (χ0v) is 13.7. The first-order chi connectivity index (χ1) is 12.3. The van der Waals surface area contributed by atoms with E-state index in [1.54, 1.807) is 16.9 Å². The molecule has 2 heterocycles. The van der Waals surface area contributed by atoms with Gasteiger partial charge in [0.05, 0.1) is 18.5 Å². The second kappa shape index (κ2) is 6.91. The summed E-state index contributed by atoms with van der Waals surface area (Å²) in [6.07, 6.45) is 2.63. The van der Waals surface area contributed by atoms with Gasteiger partial charge in [0.2, 0.25) is 0 Å². The molecule has 1 unspecified atom stereocenters. The fourth-order valence-corrected chi connectivity index (χ4v) is 3.00. The Hall–Kier alpha value is -2.92. The number of carbonyl (C=O) groups is 1. The van der Waals surface area contributed by atoms with E-state index in [2.05, 4.69) is 5.10 Å². The maximum absolute atomic E-state index is 12.5. The quantitative estimate of drug-likeness (QED) is 0.540. The first kappa shape index (κ1) is 15.6. The van der Waals surface area contributed by atoms with Gasteiger partial charge in [-0.2, -0.15) is 5.10 Å². The third-order valence-corrected chi connectivity index (χ3v) is 4.34. The van der Waals surface area contributed by atoms with Crippen LogP contribution < -0.4 is 4.74 Å². The van der Waals surface area contributed by atoms with Gasteiger partial charge < -0.3 is 9.47 Å². The largest absolute Gasteiger partial charge is 0.422 e. The molecule has 5 nitrogen and oxygen atoms in total. The molecule has 0 aliphatic carbocycles. The highest BCUT2D eigenvalue weighted by Crippen LogP contribution is 2.27. The highest BCUT2D eigenvalue weighted by Gasteiger charge is 2.19. The van der Waals surface area contributed by atoms with Crippen molar-refractivity contribution in [2.24, 2.45) is 0 Å². The summed E-state index contributed by atoms with van der Waals surface area (Å²) in [6.45, 7) is 1.57. The molecule has 0 spiro atoms. The molecule has 1 saturated heterocycles. The Bertz CT molecular complexity index is 850. The van der Waals surface area contributed by atoms with Crippen LogP contribution in [0.2, 0.25) is 0 Å². The van der Waals surface area contributed by atoms with Crippen molar-refractivity contribution >= 4 is 5.97 Å². The van der Waals surface area contributed by atoms with E-state index in [4.69, 9.17) is 9.47 Å². The van der Waals surface area contributed by atoms with E-state index >= 15 is 0 Å². The Morgan fingerprint density at radius 1 is 1.08 bits per heavy atom. The van der Waals surface area contributed by atoms with Crippen molar-refractivity contribution in [2.75, 3.05) is 13.2 Å². The predicted octanol–water partition coefficient (Wildman–Crippen LogP) is 3.60. The molecule has 1 fully saturated rings. The Labute approximate surface area is 145 Å². The van der Waals surface area contributed by atoms with Gasteiger partial charge in [0, 0.05) is 12.5 Å². The Morgan fingerprint density at radius 2 is 1.88 bits per heavy atom. The van der Waals surface area contributed by atoms with Crippen molar-refractivity contribution in [3.05, 3.63) is 78.1 Å². The van der Waals surface area contributed by atoms with Crippen LogP contribution in [0.5, 0.6) is 5.75 Å². The second-order valence-electron chi connectivity index (χ2n) is 5.98. The van der Waals surface area contributed by atoms with Gasteiger partial charge in [0.15, 0.2) is 5.69 Å². The number of ether oxygens (including phenoxy) is 2. The monoisotopic (exact) mass is 334 g/mol. The van der Waals surface area contributed by atoms with Crippen LogP contribution in [0.1, 0.15) is 28.4 Å². The number of rotatable bonds is 4. The van der Waals surface area contributed by atoms with Gasteiger partial charge in [0.1, 0.15) is 5.75 Å². The number of hydrogen-bond acceptors (Lipinski definition) is 4. The fourth-order valence-electron chi connectivity index (χ4n) is 3.00. The van der Waals surface area contributed by atoms with E-state index in [9.17, 15) is 4.79 Å². The van der Waals surface area contributed by atoms with Crippen LogP contribution in [-0.2, 0) is 4.74 Å². The van der Waals surface area contributed by atoms with Gasteiger partial charge in [0.25, 0.3) is 0 Å². The zero-order valence-electron chi connectivity index (χ0n) is 13.7. The fraction of sp³-hybridized carbons (Fsp3) is 0.200. The Balaban J connectivity index is 1.50. The molecule has 1 atom stereocenters. The van der Waals surface area contributed by atoms with Gasteiger partial charge >= 0.3 is 5.97 Å². The minimum absolute atomic E-state index is 0.388. The topological polar surface area (TPSA) is 53.4 Å². The number of benzene rings is 2. The minimum atomic E-state index is -0.432. The summed E-state index contributed by atoms with van der Waals surface area (Å²) < 4.78 is 12.5. The van der Waals surface area contributed by atoms with Gasteiger partial charge in [-0.05, 0) is 42.3 Å². The van der Waals surface area contributed by atoms with Gasteiger partial charge in [-0.15, -0.1) is 0 Å². The van der Waals surface area contributed by atoms with Crippen molar-refractivity contribution in [1.82, 2.24) is 9.78 Å². The zero-order chi connectivity index (χ0) is 17.1. The van der Waals surface area contributed by atoms with Gasteiger partial charge in [-0.25, -0.2) is 9.48 Å². The van der Waals surface area contributed by atoms with E-state index in [0.29, 0.717) is 17.4 Å². The van der Waals surface area contributed by atoms with Crippen molar-refractivity contribution < 1.29 is 14.3 Å². The van der Waals surface area contributed by atoms with Crippen LogP contribution >= 0.6 is 0 Å². The van der Waals surface area contributed by atoms with Gasteiger partial charge in [-0.3, -0.25) is 0 Å².